The number of benzene rings is 2. The number of carbonyl (C=O) groups excluding carboxylic acids is 4. The van der Waals surface area contributed by atoms with Crippen LogP contribution < -0.4 is 5.63 Å². The van der Waals surface area contributed by atoms with Gasteiger partial charge in [-0.3, -0.25) is 14.4 Å². The maximum Gasteiger partial charge on any atom is 0.350 e. The normalized spacial score (nSPS) is 30.2. The number of phenolic OH excluding ortho intramolecular Hbond substituents is 2. The van der Waals surface area contributed by atoms with E-state index in [2.05, 4.69) is 0 Å². The van der Waals surface area contributed by atoms with Crippen molar-refractivity contribution in [3.63, 3.8) is 0 Å². The topological polar surface area (TPSA) is 207 Å². The second kappa shape index (κ2) is 7.55. The molecule has 3 aromatic rings. The molecular weight excluding hydrogens is 556 g/mol. The average Bonchev–Trinajstić information content (AvgIpc) is 3.03. The molecule has 0 radical (unpaired) electrons. The summed E-state index contributed by atoms with van der Waals surface area (Å²) in [6.07, 6.45) is -1.72. The van der Waals surface area contributed by atoms with Crippen LogP contribution in [0.15, 0.2) is 21.3 Å². The van der Waals surface area contributed by atoms with Crippen LogP contribution in [-0.4, -0.2) is 69.4 Å². The monoisotopic (exact) mass is 578 g/mol. The highest BCUT2D eigenvalue weighted by atomic mass is 16.6. The van der Waals surface area contributed by atoms with Gasteiger partial charge >= 0.3 is 17.6 Å². The lowest BCUT2D eigenvalue weighted by Crippen LogP contribution is -2.70. The van der Waals surface area contributed by atoms with E-state index in [-0.39, 0.29) is 33.2 Å². The van der Waals surface area contributed by atoms with Gasteiger partial charge in [-0.25, -0.2) is 9.59 Å². The number of rotatable bonds is 2. The van der Waals surface area contributed by atoms with E-state index in [9.17, 15) is 44.4 Å². The molecule has 1 fully saturated rings. The number of aromatic hydroxyl groups is 3. The Hall–Kier alpha value is -4.75. The number of esters is 2. The predicted octanol–water partition coefficient (Wildman–Crippen LogP) is 1.16. The molecular formula is C29H22O13. The fraction of sp³-hybridized carbons (Fsp3) is 0.345. The van der Waals surface area contributed by atoms with E-state index in [4.69, 9.17) is 18.6 Å². The third kappa shape index (κ3) is 2.36. The fourth-order valence-electron chi connectivity index (χ4n) is 8.20. The zero-order valence-corrected chi connectivity index (χ0v) is 22.5. The minimum absolute atomic E-state index is 0.116. The van der Waals surface area contributed by atoms with Crippen molar-refractivity contribution in [3.8, 4) is 17.4 Å². The molecule has 4 N–H and O–H groups in total. The molecule has 3 aliphatic carbocycles. The van der Waals surface area contributed by atoms with Crippen molar-refractivity contribution in [2.24, 2.45) is 5.92 Å². The van der Waals surface area contributed by atoms with E-state index in [1.165, 1.54) is 19.9 Å². The highest BCUT2D eigenvalue weighted by Gasteiger charge is 2.88. The van der Waals surface area contributed by atoms with E-state index in [1.54, 1.807) is 0 Å². The molecule has 2 aromatic carbocycles. The number of methoxy groups -OCH3 is 1. The number of hydrogen-bond donors (Lipinski definition) is 4. The number of carbonyl (C=O) groups is 4. The first-order valence-electron chi connectivity index (χ1n) is 12.8. The van der Waals surface area contributed by atoms with Crippen molar-refractivity contribution >= 4 is 34.3 Å². The lowest BCUT2D eigenvalue weighted by molar-refractivity contribution is -0.171. The summed E-state index contributed by atoms with van der Waals surface area (Å²) in [7, 11) is 1.10. The van der Waals surface area contributed by atoms with E-state index >= 15 is 0 Å². The number of cyclic esters (lactones) is 1. The largest absolute Gasteiger partial charge is 0.507 e. The van der Waals surface area contributed by atoms with E-state index < -0.39 is 98.3 Å². The maximum absolute atomic E-state index is 14.8. The summed E-state index contributed by atoms with van der Waals surface area (Å²) < 4.78 is 22.1. The van der Waals surface area contributed by atoms with Crippen LogP contribution >= 0.6 is 0 Å². The summed E-state index contributed by atoms with van der Waals surface area (Å²) in [6.45, 7) is 3.18. The Kier molecular flexibility index (Phi) is 4.70. The molecule has 0 amide bonds. The number of ether oxygens (including phenoxy) is 3. The van der Waals surface area contributed by atoms with Gasteiger partial charge in [-0.1, -0.05) is 0 Å². The molecule has 0 saturated heterocycles. The van der Waals surface area contributed by atoms with Crippen molar-refractivity contribution in [2.75, 3.05) is 13.7 Å². The molecule has 5 atom stereocenters. The second-order valence-corrected chi connectivity index (χ2v) is 11.1. The Morgan fingerprint density at radius 3 is 2.26 bits per heavy atom. The molecule has 1 spiro atoms. The van der Waals surface area contributed by atoms with E-state index in [0.29, 0.717) is 0 Å². The second-order valence-electron chi connectivity index (χ2n) is 11.1. The molecule has 42 heavy (non-hydrogen) atoms. The van der Waals surface area contributed by atoms with Crippen molar-refractivity contribution < 1.29 is 58.2 Å². The highest BCUT2D eigenvalue weighted by molar-refractivity contribution is 6.22. The van der Waals surface area contributed by atoms with Crippen LogP contribution in [0.4, 0.5) is 0 Å². The van der Waals surface area contributed by atoms with Gasteiger partial charge in [0.1, 0.15) is 51.7 Å². The Labute approximate surface area is 234 Å². The molecule has 1 aromatic heterocycles. The van der Waals surface area contributed by atoms with Crippen LogP contribution in [0.3, 0.4) is 0 Å². The summed E-state index contributed by atoms with van der Waals surface area (Å²) in [4.78, 5) is 68.0. The summed E-state index contributed by atoms with van der Waals surface area (Å²) >= 11 is 0. The van der Waals surface area contributed by atoms with Gasteiger partial charge in [0, 0.05) is 30.5 Å². The number of hydrogen-bond acceptors (Lipinski definition) is 13. The van der Waals surface area contributed by atoms with Gasteiger partial charge in [0.05, 0.1) is 5.92 Å². The first-order valence-corrected chi connectivity index (χ1v) is 12.8. The van der Waals surface area contributed by atoms with Crippen LogP contribution in [-0.2, 0) is 30.0 Å². The molecule has 1 aliphatic heterocycles. The molecule has 2 bridgehead atoms. The standard InChI is InChI=1S/C29H22O13/c1-8-5-12(32)15-19-13(8)21(33)20-23(41-10(3)30)27(19,7-40-24(15)35)29(38)22(34)17-16-14(25(36)42-26(17)37)11(31)6-9(2)18(16)28(20,29)39-4/h5-6,20,23,31-32,37-38H,7H2,1-4H3/t20-,23-,27+,28+,29-/m0/s1. The Morgan fingerprint density at radius 1 is 0.952 bits per heavy atom. The van der Waals surface area contributed by atoms with Gasteiger partial charge in [0.25, 0.3) is 5.95 Å². The third-order valence-corrected chi connectivity index (χ3v) is 9.43. The molecule has 13 heteroatoms. The minimum Gasteiger partial charge on any atom is -0.507 e. The smallest absolute Gasteiger partial charge is 0.350 e. The zero-order valence-electron chi connectivity index (χ0n) is 22.5. The van der Waals surface area contributed by atoms with Gasteiger partial charge in [0.15, 0.2) is 11.4 Å². The predicted molar refractivity (Wildman–Crippen MR) is 137 cm³/mol. The van der Waals surface area contributed by atoms with Crippen LogP contribution in [0.1, 0.15) is 60.3 Å². The van der Waals surface area contributed by atoms with Gasteiger partial charge in [-0.2, -0.15) is 0 Å². The fourth-order valence-corrected chi connectivity index (χ4v) is 8.20. The molecule has 13 nitrogen and oxygen atoms in total. The van der Waals surface area contributed by atoms with Gasteiger partial charge < -0.3 is 39.1 Å². The van der Waals surface area contributed by atoms with Gasteiger partial charge in [0.2, 0.25) is 5.78 Å². The molecule has 7 rings (SSSR count). The summed E-state index contributed by atoms with van der Waals surface area (Å²) in [5.74, 6) is -8.17. The quantitative estimate of drug-likeness (QED) is 0.315. The lowest BCUT2D eigenvalue weighted by Gasteiger charge is -2.52. The summed E-state index contributed by atoms with van der Waals surface area (Å²) in [6, 6.07) is 2.31. The number of Topliss-reactive ketones (excluding diaryl/α,β-unsaturated/α-hetero) is 2. The Bertz CT molecular complexity index is 1950. The van der Waals surface area contributed by atoms with Crippen molar-refractivity contribution in [1.82, 2.24) is 0 Å². The molecule has 0 unspecified atom stereocenters. The Balaban J connectivity index is 1.79. The first-order chi connectivity index (χ1) is 19.7. The van der Waals surface area contributed by atoms with E-state index in [1.807, 2.05) is 0 Å². The Morgan fingerprint density at radius 2 is 1.62 bits per heavy atom. The number of aryl methyl sites for hydroxylation is 2. The molecule has 1 saturated carbocycles. The minimum atomic E-state index is -3.00. The third-order valence-electron chi connectivity index (χ3n) is 9.43. The summed E-state index contributed by atoms with van der Waals surface area (Å²) in [5, 5.41) is 44.8. The van der Waals surface area contributed by atoms with Crippen molar-refractivity contribution in [3.05, 3.63) is 61.5 Å². The van der Waals surface area contributed by atoms with Crippen LogP contribution in [0.25, 0.3) is 10.8 Å². The number of fused-ring (bicyclic) bond motifs is 4. The average molecular weight is 578 g/mol. The van der Waals surface area contributed by atoms with Gasteiger partial charge in [-0.15, -0.1) is 0 Å². The lowest BCUT2D eigenvalue weighted by atomic mass is 9.56. The van der Waals surface area contributed by atoms with Crippen LogP contribution in [0.5, 0.6) is 17.4 Å². The number of ketones is 2. The first kappa shape index (κ1) is 26.2. The molecule has 4 aliphatic rings. The maximum atomic E-state index is 14.8. The zero-order chi connectivity index (χ0) is 30.4. The van der Waals surface area contributed by atoms with Crippen molar-refractivity contribution in [1.29, 1.82) is 0 Å². The molecule has 216 valence electrons. The van der Waals surface area contributed by atoms with Crippen molar-refractivity contribution in [2.45, 2.75) is 43.5 Å². The van der Waals surface area contributed by atoms with Crippen LogP contribution in [0.2, 0.25) is 0 Å². The van der Waals surface area contributed by atoms with Crippen LogP contribution in [0, 0.1) is 19.8 Å². The summed E-state index contributed by atoms with van der Waals surface area (Å²) in [5.41, 5.74) is -10.4. The molecule has 2 heterocycles. The number of aliphatic hydroxyl groups is 1. The van der Waals surface area contributed by atoms with Gasteiger partial charge in [-0.05, 0) is 42.7 Å². The highest BCUT2D eigenvalue weighted by Crippen LogP contribution is 2.72. The van der Waals surface area contributed by atoms with E-state index in [0.717, 1.165) is 20.1 Å². The number of phenols is 2. The SMILES string of the molecule is CO[C@@]12c3c(C)cc(O)c4c(=O)oc(O)c(c34)C(=O)[C@]1(O)[C@]13COC(=O)c4c(O)cc(C)c(c41)C(=O)[C@H]2[C@@H]3OC(C)=O.